The number of thiophene rings is 1. The Morgan fingerprint density at radius 1 is 1.30 bits per heavy atom. The first-order chi connectivity index (χ1) is 11.0. The van der Waals surface area contributed by atoms with Crippen LogP contribution in [0.1, 0.15) is 22.2 Å². The Balaban J connectivity index is 1.91. The Kier molecular flexibility index (Phi) is 5.89. The summed E-state index contributed by atoms with van der Waals surface area (Å²) >= 11 is 4.67. The number of nitrogens with two attached hydrogens (primary N) is 1. The van der Waals surface area contributed by atoms with Gasteiger partial charge in [-0.3, -0.25) is 4.79 Å². The van der Waals surface area contributed by atoms with E-state index in [9.17, 15) is 9.59 Å². The Labute approximate surface area is 145 Å². The second-order valence-electron chi connectivity index (χ2n) is 4.57. The molecule has 2 aromatic rings. The molecule has 1 aromatic carbocycles. The molecule has 120 valence electrons. The lowest BCUT2D eigenvalue weighted by molar-refractivity contribution is -0.145. The number of amides is 1. The molecule has 2 rings (SSSR count). The molecular formula is C15H14BrN3O3S. The van der Waals surface area contributed by atoms with E-state index in [1.54, 1.807) is 30.3 Å². The SMILES string of the molecule is C[C@H](NC(=O)c1ccc(Br)cc1)C(=O)O/N=C(/N)c1cccs1. The summed E-state index contributed by atoms with van der Waals surface area (Å²) in [6.07, 6.45) is 0. The highest BCUT2D eigenvalue weighted by atomic mass is 79.9. The van der Waals surface area contributed by atoms with E-state index in [0.717, 1.165) is 4.47 Å². The molecule has 1 aromatic heterocycles. The third-order valence-corrected chi connectivity index (χ3v) is 4.24. The van der Waals surface area contributed by atoms with Gasteiger partial charge in [-0.05, 0) is 42.6 Å². The Hall–Kier alpha value is -2.19. The lowest BCUT2D eigenvalue weighted by Gasteiger charge is -2.11. The van der Waals surface area contributed by atoms with Crippen LogP contribution in [0, 0.1) is 0 Å². The summed E-state index contributed by atoms with van der Waals surface area (Å²) in [4.78, 5) is 29.3. The molecule has 0 aliphatic rings. The second kappa shape index (κ2) is 7.89. The van der Waals surface area contributed by atoms with E-state index in [1.807, 2.05) is 11.4 Å². The van der Waals surface area contributed by atoms with Crippen molar-refractivity contribution in [2.45, 2.75) is 13.0 Å². The predicted octanol–water partition coefficient (Wildman–Crippen LogP) is 2.49. The molecule has 0 unspecified atom stereocenters. The second-order valence-corrected chi connectivity index (χ2v) is 6.43. The van der Waals surface area contributed by atoms with Gasteiger partial charge in [-0.2, -0.15) is 0 Å². The maximum absolute atomic E-state index is 12.0. The summed E-state index contributed by atoms with van der Waals surface area (Å²) < 4.78 is 0.861. The van der Waals surface area contributed by atoms with Crippen molar-refractivity contribution in [3.8, 4) is 0 Å². The molecule has 0 radical (unpaired) electrons. The van der Waals surface area contributed by atoms with Gasteiger partial charge in [-0.15, -0.1) is 11.3 Å². The minimum Gasteiger partial charge on any atom is -0.380 e. The largest absolute Gasteiger partial charge is 0.380 e. The highest BCUT2D eigenvalue weighted by Crippen LogP contribution is 2.11. The number of amidine groups is 1. The van der Waals surface area contributed by atoms with Gasteiger partial charge < -0.3 is 15.9 Å². The number of hydrogen-bond donors (Lipinski definition) is 2. The molecule has 1 heterocycles. The lowest BCUT2D eigenvalue weighted by Crippen LogP contribution is -2.39. The first-order valence-electron chi connectivity index (χ1n) is 6.62. The fourth-order valence-electron chi connectivity index (χ4n) is 1.58. The molecule has 0 saturated carbocycles. The zero-order chi connectivity index (χ0) is 16.8. The number of carbonyl (C=O) groups is 2. The maximum atomic E-state index is 12.0. The summed E-state index contributed by atoms with van der Waals surface area (Å²) in [7, 11) is 0. The zero-order valence-corrected chi connectivity index (χ0v) is 14.6. The van der Waals surface area contributed by atoms with Crippen molar-refractivity contribution in [2.75, 3.05) is 0 Å². The normalized spacial score (nSPS) is 12.5. The van der Waals surface area contributed by atoms with E-state index in [-0.39, 0.29) is 11.7 Å². The molecule has 8 heteroatoms. The third kappa shape index (κ3) is 4.90. The standard InChI is InChI=1S/C15H14BrN3O3S/c1-9(18-14(20)10-4-6-11(16)7-5-10)15(21)22-19-13(17)12-3-2-8-23-12/h2-9H,1H3,(H2,17,19)(H,18,20)/t9-/m0/s1. The van der Waals surface area contributed by atoms with Crippen LogP contribution in [-0.2, 0) is 9.63 Å². The van der Waals surface area contributed by atoms with E-state index in [1.165, 1.54) is 18.3 Å². The van der Waals surface area contributed by atoms with Gasteiger partial charge in [0.1, 0.15) is 6.04 Å². The van der Waals surface area contributed by atoms with Gasteiger partial charge in [-0.1, -0.05) is 27.2 Å². The molecule has 1 amide bonds. The first kappa shape index (κ1) is 17.2. The van der Waals surface area contributed by atoms with Gasteiger partial charge in [0, 0.05) is 10.0 Å². The van der Waals surface area contributed by atoms with Gasteiger partial charge in [0.05, 0.1) is 4.88 Å². The summed E-state index contributed by atoms with van der Waals surface area (Å²) in [5, 5.41) is 7.95. The summed E-state index contributed by atoms with van der Waals surface area (Å²) in [6, 6.07) is 9.48. The molecule has 0 aliphatic heterocycles. The molecule has 23 heavy (non-hydrogen) atoms. The van der Waals surface area contributed by atoms with Crippen LogP contribution in [0.2, 0.25) is 0 Å². The monoisotopic (exact) mass is 395 g/mol. The summed E-state index contributed by atoms with van der Waals surface area (Å²) in [6.45, 7) is 1.51. The number of benzene rings is 1. The molecule has 0 bridgehead atoms. The van der Waals surface area contributed by atoms with Gasteiger partial charge >= 0.3 is 5.97 Å². The van der Waals surface area contributed by atoms with Crippen LogP contribution in [0.5, 0.6) is 0 Å². The third-order valence-electron chi connectivity index (χ3n) is 2.82. The minimum absolute atomic E-state index is 0.111. The molecular weight excluding hydrogens is 382 g/mol. The fraction of sp³-hybridized carbons (Fsp3) is 0.133. The zero-order valence-electron chi connectivity index (χ0n) is 12.2. The van der Waals surface area contributed by atoms with Crippen LogP contribution in [0.4, 0.5) is 0 Å². The molecule has 3 N–H and O–H groups in total. The number of halogens is 1. The van der Waals surface area contributed by atoms with Crippen molar-refractivity contribution in [3.05, 3.63) is 56.7 Å². The van der Waals surface area contributed by atoms with Crippen LogP contribution in [0.15, 0.2) is 51.4 Å². The molecule has 0 fully saturated rings. The number of hydrogen-bond acceptors (Lipinski definition) is 5. The quantitative estimate of drug-likeness (QED) is 0.352. The number of carbonyl (C=O) groups excluding carboxylic acids is 2. The fourth-order valence-corrected chi connectivity index (χ4v) is 2.47. The van der Waals surface area contributed by atoms with Crippen molar-refractivity contribution in [2.24, 2.45) is 10.9 Å². The van der Waals surface area contributed by atoms with Crippen LogP contribution >= 0.6 is 27.3 Å². The van der Waals surface area contributed by atoms with Crippen molar-refractivity contribution in [3.63, 3.8) is 0 Å². The number of nitrogens with zero attached hydrogens (tertiary/aromatic N) is 1. The summed E-state index contributed by atoms with van der Waals surface area (Å²) in [5.74, 6) is -0.966. The highest BCUT2D eigenvalue weighted by Gasteiger charge is 2.18. The predicted molar refractivity (Wildman–Crippen MR) is 92.2 cm³/mol. The van der Waals surface area contributed by atoms with Crippen molar-refractivity contribution in [1.29, 1.82) is 0 Å². The van der Waals surface area contributed by atoms with Gasteiger partial charge in [0.15, 0.2) is 5.84 Å². The summed E-state index contributed by atoms with van der Waals surface area (Å²) in [5.41, 5.74) is 6.13. The molecule has 0 spiro atoms. The number of rotatable bonds is 5. The molecule has 0 aliphatic carbocycles. The van der Waals surface area contributed by atoms with Crippen molar-refractivity contribution >= 4 is 45.0 Å². The first-order valence-corrected chi connectivity index (χ1v) is 8.29. The molecule has 6 nitrogen and oxygen atoms in total. The Morgan fingerprint density at radius 2 is 2.00 bits per heavy atom. The van der Waals surface area contributed by atoms with Crippen molar-refractivity contribution < 1.29 is 14.4 Å². The smallest absolute Gasteiger partial charge is 0.356 e. The van der Waals surface area contributed by atoms with E-state index in [4.69, 9.17) is 10.6 Å². The highest BCUT2D eigenvalue weighted by molar-refractivity contribution is 9.10. The van der Waals surface area contributed by atoms with Gasteiger partial charge in [0.25, 0.3) is 5.91 Å². The van der Waals surface area contributed by atoms with Gasteiger partial charge in [-0.25, -0.2) is 4.79 Å². The number of nitrogens with one attached hydrogen (secondary N) is 1. The van der Waals surface area contributed by atoms with Crippen molar-refractivity contribution in [1.82, 2.24) is 5.32 Å². The topological polar surface area (TPSA) is 93.8 Å². The van der Waals surface area contributed by atoms with E-state index >= 15 is 0 Å². The van der Waals surface area contributed by atoms with E-state index in [0.29, 0.717) is 10.4 Å². The van der Waals surface area contributed by atoms with E-state index < -0.39 is 12.0 Å². The maximum Gasteiger partial charge on any atom is 0.356 e. The van der Waals surface area contributed by atoms with Gasteiger partial charge in [0.2, 0.25) is 0 Å². The van der Waals surface area contributed by atoms with E-state index in [2.05, 4.69) is 26.4 Å². The minimum atomic E-state index is -0.856. The van der Waals surface area contributed by atoms with Crippen LogP contribution in [-0.4, -0.2) is 23.8 Å². The molecule has 1 atom stereocenters. The lowest BCUT2D eigenvalue weighted by atomic mass is 10.2. The average molecular weight is 396 g/mol. The van der Waals surface area contributed by atoms with Crippen LogP contribution in [0.3, 0.4) is 0 Å². The average Bonchev–Trinajstić information content (AvgIpc) is 3.07. The Morgan fingerprint density at radius 3 is 2.61 bits per heavy atom. The van der Waals surface area contributed by atoms with Crippen LogP contribution in [0.25, 0.3) is 0 Å². The number of oxime groups is 1. The van der Waals surface area contributed by atoms with Crippen LogP contribution < -0.4 is 11.1 Å². The Bertz CT molecular complexity index is 714. The molecule has 0 saturated heterocycles.